The predicted octanol–water partition coefficient (Wildman–Crippen LogP) is 1.75. The van der Waals surface area contributed by atoms with E-state index in [0.717, 1.165) is 44.9 Å². The van der Waals surface area contributed by atoms with Crippen LogP contribution in [0, 0.1) is 0 Å². The number of hydrogen-bond donors (Lipinski definition) is 2. The second-order valence-electron chi connectivity index (χ2n) is 6.16. The van der Waals surface area contributed by atoms with Gasteiger partial charge in [-0.15, -0.1) is 0 Å². The normalized spacial score (nSPS) is 27.9. The van der Waals surface area contributed by atoms with Gasteiger partial charge in [0.1, 0.15) is 0 Å². The van der Waals surface area contributed by atoms with Crippen molar-refractivity contribution >= 4 is 10.2 Å². The van der Waals surface area contributed by atoms with Gasteiger partial charge in [-0.05, 0) is 25.7 Å². The van der Waals surface area contributed by atoms with Crippen molar-refractivity contribution in [3.8, 4) is 0 Å². The molecule has 0 spiro atoms. The predicted molar refractivity (Wildman–Crippen MR) is 81.6 cm³/mol. The maximum Gasteiger partial charge on any atom is 0.279 e. The third-order valence-electron chi connectivity index (χ3n) is 4.57. The highest BCUT2D eigenvalue weighted by molar-refractivity contribution is 7.87. The smallest absolute Gasteiger partial charge is 0.279 e. The topological polar surface area (TPSA) is 75.4 Å². The number of piperidine rings is 1. The average Bonchev–Trinajstić information content (AvgIpc) is 2.41. The quantitative estimate of drug-likeness (QED) is 0.831. The third-order valence-corrected chi connectivity index (χ3v) is 6.30. The summed E-state index contributed by atoms with van der Waals surface area (Å²) in [5.41, 5.74) is 5.74. The minimum atomic E-state index is -3.37. The van der Waals surface area contributed by atoms with Gasteiger partial charge in [-0.25, -0.2) is 0 Å². The molecule has 0 amide bonds. The van der Waals surface area contributed by atoms with Crippen LogP contribution in [0.25, 0.3) is 0 Å². The first-order valence-corrected chi connectivity index (χ1v) is 9.56. The Balaban J connectivity index is 1.97. The van der Waals surface area contributed by atoms with E-state index in [-0.39, 0.29) is 12.1 Å². The molecule has 1 unspecified atom stereocenters. The Morgan fingerprint density at radius 2 is 1.55 bits per heavy atom. The molecule has 0 radical (unpaired) electrons. The van der Waals surface area contributed by atoms with Gasteiger partial charge in [0, 0.05) is 25.2 Å². The second kappa shape index (κ2) is 7.73. The standard InChI is InChI=1S/C14H29N3O2S/c15-12-14-10-6-7-11-17(14)20(18,19)16-13-8-4-2-1-3-5-9-13/h13-14,16H,1-12,15H2. The molecule has 2 fully saturated rings. The van der Waals surface area contributed by atoms with E-state index in [1.165, 1.54) is 19.3 Å². The first kappa shape index (κ1) is 16.2. The average molecular weight is 303 g/mol. The Kier molecular flexibility index (Phi) is 6.26. The van der Waals surface area contributed by atoms with Gasteiger partial charge < -0.3 is 5.73 Å². The molecular formula is C14H29N3O2S. The summed E-state index contributed by atoms with van der Waals surface area (Å²) in [5.74, 6) is 0. The van der Waals surface area contributed by atoms with Crippen LogP contribution < -0.4 is 10.5 Å². The van der Waals surface area contributed by atoms with Crippen LogP contribution in [-0.2, 0) is 10.2 Å². The summed E-state index contributed by atoms with van der Waals surface area (Å²) in [6, 6.07) is 0.0930. The van der Waals surface area contributed by atoms with Crippen LogP contribution in [0.2, 0.25) is 0 Å². The van der Waals surface area contributed by atoms with E-state index in [1.54, 1.807) is 4.31 Å². The number of rotatable bonds is 4. The molecule has 2 rings (SSSR count). The van der Waals surface area contributed by atoms with Crippen molar-refractivity contribution in [3.63, 3.8) is 0 Å². The molecule has 20 heavy (non-hydrogen) atoms. The van der Waals surface area contributed by atoms with Crippen molar-refractivity contribution in [2.24, 2.45) is 5.73 Å². The molecule has 3 N–H and O–H groups in total. The van der Waals surface area contributed by atoms with E-state index in [4.69, 9.17) is 5.73 Å². The molecule has 1 atom stereocenters. The molecular weight excluding hydrogens is 274 g/mol. The molecule has 1 heterocycles. The summed E-state index contributed by atoms with van der Waals surface area (Å²) in [5, 5.41) is 0. The van der Waals surface area contributed by atoms with Crippen LogP contribution in [0.15, 0.2) is 0 Å². The van der Waals surface area contributed by atoms with Crippen molar-refractivity contribution in [1.29, 1.82) is 0 Å². The number of nitrogens with zero attached hydrogens (tertiary/aromatic N) is 1. The fourth-order valence-electron chi connectivity index (χ4n) is 3.38. The fourth-order valence-corrected chi connectivity index (χ4v) is 5.12. The van der Waals surface area contributed by atoms with E-state index in [2.05, 4.69) is 4.72 Å². The molecule has 0 aromatic carbocycles. The molecule has 1 aliphatic heterocycles. The minimum Gasteiger partial charge on any atom is -0.329 e. The van der Waals surface area contributed by atoms with Crippen molar-refractivity contribution in [2.45, 2.75) is 76.3 Å². The first-order chi connectivity index (χ1) is 9.63. The SMILES string of the molecule is NCC1CCCCN1S(=O)(=O)NC1CCCCCCC1. The fraction of sp³-hybridized carbons (Fsp3) is 1.00. The van der Waals surface area contributed by atoms with Gasteiger partial charge in [-0.1, -0.05) is 38.5 Å². The zero-order chi connectivity index (χ0) is 14.4. The van der Waals surface area contributed by atoms with Gasteiger partial charge in [0.15, 0.2) is 0 Å². The van der Waals surface area contributed by atoms with Gasteiger partial charge in [0.05, 0.1) is 0 Å². The molecule has 5 nitrogen and oxygen atoms in total. The summed E-state index contributed by atoms with van der Waals surface area (Å²) in [4.78, 5) is 0. The van der Waals surface area contributed by atoms with Gasteiger partial charge in [0.25, 0.3) is 10.2 Å². The largest absolute Gasteiger partial charge is 0.329 e. The lowest BCUT2D eigenvalue weighted by atomic mass is 9.97. The molecule has 1 aliphatic carbocycles. The lowest BCUT2D eigenvalue weighted by Crippen LogP contribution is -2.53. The number of nitrogens with one attached hydrogen (secondary N) is 1. The third kappa shape index (κ3) is 4.41. The highest BCUT2D eigenvalue weighted by Crippen LogP contribution is 2.22. The molecule has 118 valence electrons. The van der Waals surface area contributed by atoms with Crippen LogP contribution in [0.1, 0.15) is 64.2 Å². The van der Waals surface area contributed by atoms with Gasteiger partial charge >= 0.3 is 0 Å². The second-order valence-corrected chi connectivity index (χ2v) is 7.82. The van der Waals surface area contributed by atoms with E-state index >= 15 is 0 Å². The number of nitrogens with two attached hydrogens (primary N) is 1. The van der Waals surface area contributed by atoms with Gasteiger partial charge in [-0.2, -0.15) is 17.4 Å². The first-order valence-electron chi connectivity index (χ1n) is 8.12. The molecule has 0 bridgehead atoms. The highest BCUT2D eigenvalue weighted by Gasteiger charge is 2.32. The molecule has 1 saturated carbocycles. The van der Waals surface area contributed by atoms with Crippen LogP contribution in [-0.4, -0.2) is 37.9 Å². The van der Waals surface area contributed by atoms with E-state index in [0.29, 0.717) is 13.1 Å². The molecule has 6 heteroatoms. The Morgan fingerprint density at radius 3 is 2.20 bits per heavy atom. The van der Waals surface area contributed by atoms with E-state index < -0.39 is 10.2 Å². The van der Waals surface area contributed by atoms with Crippen LogP contribution in [0.3, 0.4) is 0 Å². The highest BCUT2D eigenvalue weighted by atomic mass is 32.2. The summed E-state index contributed by atoms with van der Waals surface area (Å²) < 4.78 is 29.7. The Labute approximate surface area is 123 Å². The zero-order valence-electron chi connectivity index (χ0n) is 12.4. The molecule has 0 aromatic rings. The molecule has 2 aliphatic rings. The lowest BCUT2D eigenvalue weighted by Gasteiger charge is -2.35. The van der Waals surface area contributed by atoms with E-state index in [9.17, 15) is 8.42 Å². The lowest BCUT2D eigenvalue weighted by molar-refractivity contribution is 0.251. The van der Waals surface area contributed by atoms with Crippen molar-refractivity contribution in [1.82, 2.24) is 9.03 Å². The van der Waals surface area contributed by atoms with Gasteiger partial charge in [0.2, 0.25) is 0 Å². The summed E-state index contributed by atoms with van der Waals surface area (Å²) in [6.45, 7) is 1.04. The molecule has 1 saturated heterocycles. The van der Waals surface area contributed by atoms with Crippen LogP contribution in [0.5, 0.6) is 0 Å². The maximum absolute atomic E-state index is 12.6. The van der Waals surface area contributed by atoms with Crippen molar-refractivity contribution in [2.75, 3.05) is 13.1 Å². The van der Waals surface area contributed by atoms with Crippen molar-refractivity contribution in [3.05, 3.63) is 0 Å². The Morgan fingerprint density at radius 1 is 0.950 bits per heavy atom. The maximum atomic E-state index is 12.6. The summed E-state index contributed by atoms with van der Waals surface area (Å²) in [7, 11) is -3.37. The monoisotopic (exact) mass is 303 g/mol. The van der Waals surface area contributed by atoms with Crippen LogP contribution >= 0.6 is 0 Å². The summed E-state index contributed by atoms with van der Waals surface area (Å²) in [6.07, 6.45) is 10.9. The molecule has 0 aromatic heterocycles. The Bertz CT molecular complexity index is 378. The van der Waals surface area contributed by atoms with Crippen LogP contribution in [0.4, 0.5) is 0 Å². The Hall–Kier alpha value is -0.170. The summed E-state index contributed by atoms with van der Waals surface area (Å²) >= 11 is 0. The van der Waals surface area contributed by atoms with Gasteiger partial charge in [-0.3, -0.25) is 0 Å². The number of hydrogen-bond acceptors (Lipinski definition) is 3. The zero-order valence-corrected chi connectivity index (χ0v) is 13.2. The minimum absolute atomic E-state index is 0.0187. The van der Waals surface area contributed by atoms with E-state index in [1.807, 2.05) is 0 Å². The van der Waals surface area contributed by atoms with Crippen molar-refractivity contribution < 1.29 is 8.42 Å².